The Balaban J connectivity index is 2.23. The van der Waals surface area contributed by atoms with Crippen LogP contribution in [0.25, 0.3) is 0 Å². The lowest BCUT2D eigenvalue weighted by Crippen LogP contribution is -2.22. The van der Waals surface area contributed by atoms with Crippen LogP contribution in [0.1, 0.15) is 0 Å². The average Bonchev–Trinajstić information content (AvgIpc) is 2.59. The molecule has 2 atom stereocenters. The minimum atomic E-state index is -0.671. The number of hydrogen-bond donors (Lipinski definition) is 2. The third-order valence-electron chi connectivity index (χ3n) is 2.68. The van der Waals surface area contributed by atoms with Gasteiger partial charge in [-0.1, -0.05) is 12.1 Å². The molecule has 2 rings (SSSR count). The highest BCUT2D eigenvalue weighted by atomic mass is 16.5. The second-order valence-corrected chi connectivity index (χ2v) is 3.71. The van der Waals surface area contributed by atoms with E-state index in [1.807, 2.05) is 29.2 Å². The lowest BCUT2D eigenvalue weighted by molar-refractivity contribution is 0.0572. The number of aliphatic hydroxyl groups excluding tert-OH is 2. The Morgan fingerprint density at radius 2 is 1.80 bits per heavy atom. The van der Waals surface area contributed by atoms with E-state index in [9.17, 15) is 10.2 Å². The van der Waals surface area contributed by atoms with E-state index >= 15 is 0 Å². The van der Waals surface area contributed by atoms with Gasteiger partial charge in [-0.3, -0.25) is 0 Å². The van der Waals surface area contributed by atoms with Crippen LogP contribution in [0.2, 0.25) is 0 Å². The van der Waals surface area contributed by atoms with Crippen molar-refractivity contribution in [3.63, 3.8) is 0 Å². The van der Waals surface area contributed by atoms with Crippen molar-refractivity contribution in [2.45, 2.75) is 12.2 Å². The highest BCUT2D eigenvalue weighted by molar-refractivity contribution is 5.59. The van der Waals surface area contributed by atoms with Crippen molar-refractivity contribution in [1.82, 2.24) is 0 Å². The molecule has 1 aliphatic heterocycles. The smallest absolute Gasteiger partial charge is 0.142 e. The van der Waals surface area contributed by atoms with E-state index in [4.69, 9.17) is 4.74 Å². The zero-order valence-corrected chi connectivity index (χ0v) is 8.63. The third-order valence-corrected chi connectivity index (χ3v) is 2.68. The van der Waals surface area contributed by atoms with Gasteiger partial charge in [0.25, 0.3) is 0 Å². The van der Waals surface area contributed by atoms with Crippen LogP contribution < -0.4 is 9.64 Å². The SMILES string of the molecule is COc1ccccc1N1C[C@@H](O)[C@@H](O)C1. The Morgan fingerprint density at radius 1 is 1.20 bits per heavy atom. The van der Waals surface area contributed by atoms with Crippen molar-refractivity contribution in [3.05, 3.63) is 24.3 Å². The van der Waals surface area contributed by atoms with E-state index in [0.717, 1.165) is 11.4 Å². The number of para-hydroxylation sites is 2. The van der Waals surface area contributed by atoms with Crippen molar-refractivity contribution in [2.75, 3.05) is 25.1 Å². The monoisotopic (exact) mass is 209 g/mol. The molecule has 1 aliphatic rings. The summed E-state index contributed by atoms with van der Waals surface area (Å²) in [5.41, 5.74) is 0.913. The first-order chi connectivity index (χ1) is 7.22. The predicted octanol–water partition coefficient (Wildman–Crippen LogP) is 0.237. The van der Waals surface area contributed by atoms with E-state index in [-0.39, 0.29) is 0 Å². The lowest BCUT2D eigenvalue weighted by atomic mass is 10.2. The van der Waals surface area contributed by atoms with Crippen molar-refractivity contribution in [1.29, 1.82) is 0 Å². The second kappa shape index (κ2) is 4.08. The molecule has 4 heteroatoms. The molecule has 15 heavy (non-hydrogen) atoms. The molecule has 0 amide bonds. The summed E-state index contributed by atoms with van der Waals surface area (Å²) in [4.78, 5) is 1.92. The topological polar surface area (TPSA) is 52.9 Å². The number of nitrogens with zero attached hydrogens (tertiary/aromatic N) is 1. The van der Waals surface area contributed by atoms with Gasteiger partial charge < -0.3 is 19.8 Å². The Morgan fingerprint density at radius 3 is 2.40 bits per heavy atom. The van der Waals surface area contributed by atoms with Gasteiger partial charge in [-0.2, -0.15) is 0 Å². The highest BCUT2D eigenvalue weighted by Crippen LogP contribution is 2.30. The van der Waals surface area contributed by atoms with Crippen LogP contribution in [0.15, 0.2) is 24.3 Å². The number of hydrogen-bond acceptors (Lipinski definition) is 4. The largest absolute Gasteiger partial charge is 0.495 e. The first-order valence-electron chi connectivity index (χ1n) is 4.96. The van der Waals surface area contributed by atoms with Crippen molar-refractivity contribution in [3.8, 4) is 5.75 Å². The maximum Gasteiger partial charge on any atom is 0.142 e. The molecule has 82 valence electrons. The standard InChI is InChI=1S/C11H15NO3/c1-15-11-5-3-2-4-8(11)12-6-9(13)10(14)7-12/h2-5,9-10,13-14H,6-7H2,1H3/t9-,10+. The summed E-state index contributed by atoms with van der Waals surface area (Å²) in [7, 11) is 1.61. The summed E-state index contributed by atoms with van der Waals surface area (Å²) < 4.78 is 5.22. The fourth-order valence-electron chi connectivity index (χ4n) is 1.86. The van der Waals surface area contributed by atoms with Crippen molar-refractivity contribution < 1.29 is 14.9 Å². The number of anilines is 1. The molecule has 0 bridgehead atoms. The molecule has 1 fully saturated rings. The molecule has 2 N–H and O–H groups in total. The number of benzene rings is 1. The highest BCUT2D eigenvalue weighted by Gasteiger charge is 2.30. The summed E-state index contributed by atoms with van der Waals surface area (Å²) in [5.74, 6) is 0.763. The summed E-state index contributed by atoms with van der Waals surface area (Å²) in [6.45, 7) is 0.892. The van der Waals surface area contributed by atoms with E-state index in [1.165, 1.54) is 0 Å². The van der Waals surface area contributed by atoms with Gasteiger partial charge in [-0.25, -0.2) is 0 Å². The molecule has 0 saturated carbocycles. The zero-order chi connectivity index (χ0) is 10.8. The molecule has 0 spiro atoms. The quantitative estimate of drug-likeness (QED) is 0.732. The Bertz CT molecular complexity index is 332. The number of ether oxygens (including phenoxy) is 1. The fraction of sp³-hybridized carbons (Fsp3) is 0.455. The van der Waals surface area contributed by atoms with Crippen LogP contribution in [-0.4, -0.2) is 42.6 Å². The van der Waals surface area contributed by atoms with Gasteiger partial charge in [0.2, 0.25) is 0 Å². The van der Waals surface area contributed by atoms with Gasteiger partial charge in [0.1, 0.15) is 5.75 Å². The van der Waals surface area contributed by atoms with Gasteiger partial charge in [0.05, 0.1) is 25.0 Å². The van der Waals surface area contributed by atoms with E-state index in [1.54, 1.807) is 7.11 Å². The lowest BCUT2D eigenvalue weighted by Gasteiger charge is -2.20. The minimum Gasteiger partial charge on any atom is -0.495 e. The molecule has 1 aromatic rings. The van der Waals surface area contributed by atoms with Crippen molar-refractivity contribution >= 4 is 5.69 Å². The summed E-state index contributed by atoms with van der Waals surface area (Å²) in [6.07, 6.45) is -1.34. The van der Waals surface area contributed by atoms with Crippen LogP contribution >= 0.6 is 0 Å². The number of rotatable bonds is 2. The maximum absolute atomic E-state index is 9.46. The van der Waals surface area contributed by atoms with Gasteiger partial charge in [-0.05, 0) is 12.1 Å². The molecule has 4 nitrogen and oxygen atoms in total. The first-order valence-corrected chi connectivity index (χ1v) is 4.96. The number of β-amino-alcohol motifs (C(OH)–C–C–N with tert-alkyl or cyclic N) is 2. The Labute approximate surface area is 88.7 Å². The van der Waals surface area contributed by atoms with Gasteiger partial charge >= 0.3 is 0 Å². The molecule has 0 aliphatic carbocycles. The minimum absolute atomic E-state index is 0.446. The molecule has 1 heterocycles. The van der Waals surface area contributed by atoms with Gasteiger partial charge in [0.15, 0.2) is 0 Å². The zero-order valence-electron chi connectivity index (χ0n) is 8.63. The molecule has 0 aromatic heterocycles. The van der Waals surface area contributed by atoms with Gasteiger partial charge in [-0.15, -0.1) is 0 Å². The average molecular weight is 209 g/mol. The van der Waals surface area contributed by atoms with Crippen molar-refractivity contribution in [2.24, 2.45) is 0 Å². The summed E-state index contributed by atoms with van der Waals surface area (Å²) in [5, 5.41) is 18.9. The van der Waals surface area contributed by atoms with Crippen LogP contribution in [0, 0.1) is 0 Å². The fourth-order valence-corrected chi connectivity index (χ4v) is 1.86. The Kier molecular flexibility index (Phi) is 2.79. The number of methoxy groups -OCH3 is 1. The Hall–Kier alpha value is -1.26. The summed E-state index contributed by atoms with van der Waals surface area (Å²) in [6, 6.07) is 7.59. The van der Waals surface area contributed by atoms with E-state index in [0.29, 0.717) is 13.1 Å². The molecule has 0 radical (unpaired) electrons. The summed E-state index contributed by atoms with van der Waals surface area (Å²) >= 11 is 0. The molecule has 1 saturated heterocycles. The van der Waals surface area contributed by atoms with Gasteiger partial charge in [0, 0.05) is 13.1 Å². The van der Waals surface area contributed by atoms with Crippen LogP contribution in [0.3, 0.4) is 0 Å². The predicted molar refractivity (Wildman–Crippen MR) is 57.2 cm³/mol. The first kappa shape index (κ1) is 10.3. The van der Waals surface area contributed by atoms with E-state index in [2.05, 4.69) is 0 Å². The second-order valence-electron chi connectivity index (χ2n) is 3.71. The normalized spacial score (nSPS) is 25.7. The molecule has 0 unspecified atom stereocenters. The molecular weight excluding hydrogens is 194 g/mol. The third kappa shape index (κ3) is 1.91. The number of aliphatic hydroxyl groups is 2. The van der Waals surface area contributed by atoms with Crippen LogP contribution in [-0.2, 0) is 0 Å². The maximum atomic E-state index is 9.46. The molecule has 1 aromatic carbocycles. The van der Waals surface area contributed by atoms with E-state index < -0.39 is 12.2 Å². The molecular formula is C11H15NO3. The van der Waals surface area contributed by atoms with Crippen LogP contribution in [0.4, 0.5) is 5.69 Å². The van der Waals surface area contributed by atoms with Crippen LogP contribution in [0.5, 0.6) is 5.75 Å².